The van der Waals surface area contributed by atoms with Crippen molar-refractivity contribution in [1.82, 2.24) is 14.7 Å². The molecule has 6 nitrogen and oxygen atoms in total. The number of likely N-dealkylation sites (tertiary alicyclic amines) is 3. The topological polar surface area (TPSA) is 67.3 Å². The number of piperidine rings is 1. The first-order chi connectivity index (χ1) is 16.2. The highest BCUT2D eigenvalue weighted by Gasteiger charge is 2.63. The Balaban J connectivity index is 1.29. The summed E-state index contributed by atoms with van der Waals surface area (Å²) in [6, 6.07) is 5.56. The van der Waals surface area contributed by atoms with Crippen molar-refractivity contribution < 1.29 is 23.8 Å². The lowest BCUT2D eigenvalue weighted by Gasteiger charge is -2.61. The Kier molecular flexibility index (Phi) is 5.25. The van der Waals surface area contributed by atoms with Crippen molar-refractivity contribution in [3.63, 3.8) is 0 Å². The molecule has 3 atom stereocenters. The van der Waals surface area contributed by atoms with Crippen LogP contribution in [0.2, 0.25) is 0 Å². The lowest BCUT2D eigenvalue weighted by atomic mass is 9.52. The Hall–Kier alpha value is -1.77. The van der Waals surface area contributed by atoms with Gasteiger partial charge in [-0.25, -0.2) is 8.78 Å². The zero-order valence-corrected chi connectivity index (χ0v) is 19.7. The van der Waals surface area contributed by atoms with Gasteiger partial charge in [-0.15, -0.1) is 0 Å². The van der Waals surface area contributed by atoms with Gasteiger partial charge in [0.15, 0.2) is 0 Å². The molecule has 0 aromatic heterocycles. The maximum Gasteiger partial charge on any atom is 0.261 e. The Morgan fingerprint density at radius 1 is 1.06 bits per heavy atom. The van der Waals surface area contributed by atoms with Gasteiger partial charge >= 0.3 is 0 Å². The Morgan fingerprint density at radius 2 is 1.82 bits per heavy atom. The van der Waals surface area contributed by atoms with Crippen LogP contribution in [0, 0.1) is 5.92 Å². The SMILES string of the molecule is O=C(CN1CCC(F)(F)C1)N1CCC23CCN(CC4CC4)C(Cc4ccc(O)cc42)C3(O)CC1. The summed E-state index contributed by atoms with van der Waals surface area (Å²) in [4.78, 5) is 19.0. The van der Waals surface area contributed by atoms with E-state index in [1.807, 2.05) is 12.1 Å². The zero-order valence-electron chi connectivity index (χ0n) is 19.7. The number of amides is 1. The average Bonchev–Trinajstić information content (AvgIpc) is 3.55. The lowest BCUT2D eigenvalue weighted by molar-refractivity contribution is -0.149. The summed E-state index contributed by atoms with van der Waals surface area (Å²) in [6.45, 7) is 2.75. The summed E-state index contributed by atoms with van der Waals surface area (Å²) < 4.78 is 27.3. The maximum atomic E-state index is 13.6. The van der Waals surface area contributed by atoms with Gasteiger partial charge < -0.3 is 15.1 Å². The summed E-state index contributed by atoms with van der Waals surface area (Å²) >= 11 is 0. The number of phenols is 1. The number of hydrogen-bond donors (Lipinski definition) is 2. The zero-order chi connectivity index (χ0) is 23.7. The second-order valence-corrected chi connectivity index (χ2v) is 11.5. The number of halogens is 2. The van der Waals surface area contributed by atoms with Crippen LogP contribution in [0.15, 0.2) is 18.2 Å². The van der Waals surface area contributed by atoms with E-state index in [2.05, 4.69) is 4.90 Å². The normalized spacial score (nSPS) is 35.5. The van der Waals surface area contributed by atoms with Crippen LogP contribution in [0.5, 0.6) is 5.75 Å². The molecule has 3 aliphatic heterocycles. The minimum Gasteiger partial charge on any atom is -0.508 e. The molecule has 1 aromatic rings. The summed E-state index contributed by atoms with van der Waals surface area (Å²) in [7, 11) is 0. The summed E-state index contributed by atoms with van der Waals surface area (Å²) in [6.07, 6.45) is 4.96. The van der Waals surface area contributed by atoms with Crippen molar-refractivity contribution >= 4 is 5.91 Å². The van der Waals surface area contributed by atoms with Crippen molar-refractivity contribution in [2.45, 2.75) is 67.9 Å². The van der Waals surface area contributed by atoms with Crippen molar-refractivity contribution in [3.8, 4) is 5.75 Å². The van der Waals surface area contributed by atoms with Gasteiger partial charge in [-0.1, -0.05) is 6.07 Å². The van der Waals surface area contributed by atoms with E-state index < -0.39 is 16.9 Å². The van der Waals surface area contributed by atoms with Crippen molar-refractivity contribution in [1.29, 1.82) is 0 Å². The summed E-state index contributed by atoms with van der Waals surface area (Å²) in [5.41, 5.74) is 0.717. The predicted molar refractivity (Wildman–Crippen MR) is 123 cm³/mol. The van der Waals surface area contributed by atoms with Gasteiger partial charge in [0.2, 0.25) is 5.91 Å². The first-order valence-electron chi connectivity index (χ1n) is 12.9. The van der Waals surface area contributed by atoms with Gasteiger partial charge in [0.25, 0.3) is 5.92 Å². The minimum atomic E-state index is -2.71. The molecule has 2 aliphatic carbocycles. The maximum absolute atomic E-state index is 13.6. The van der Waals surface area contributed by atoms with Crippen LogP contribution in [0.3, 0.4) is 0 Å². The van der Waals surface area contributed by atoms with Crippen LogP contribution in [0.4, 0.5) is 8.78 Å². The van der Waals surface area contributed by atoms with Crippen LogP contribution in [0.25, 0.3) is 0 Å². The van der Waals surface area contributed by atoms with Gasteiger partial charge in [0.05, 0.1) is 18.7 Å². The van der Waals surface area contributed by atoms with Crippen LogP contribution in [0.1, 0.15) is 49.7 Å². The highest BCUT2D eigenvalue weighted by Crippen LogP contribution is 2.56. The second kappa shape index (κ2) is 7.87. The molecule has 1 aromatic carbocycles. The van der Waals surface area contributed by atoms with E-state index in [1.165, 1.54) is 18.4 Å². The standard InChI is InChI=1S/C26H35F2N3O3/c27-25(28)7-9-29(17-25)16-23(33)30-10-5-24-6-11-31(15-18-1-2-18)22(26(24,34)8-12-30)13-19-3-4-20(32)14-21(19)24/h3-4,14,18,22,32,34H,1-2,5-13,15-17H2. The first-order valence-corrected chi connectivity index (χ1v) is 12.9. The fraction of sp³-hybridized carbons (Fsp3) is 0.731. The number of carbonyl (C=O) groups excluding carboxylic acids is 1. The smallest absolute Gasteiger partial charge is 0.261 e. The fourth-order valence-corrected chi connectivity index (χ4v) is 7.35. The van der Waals surface area contributed by atoms with Gasteiger partial charge in [-0.3, -0.25) is 14.6 Å². The summed E-state index contributed by atoms with van der Waals surface area (Å²) in [5.74, 6) is -1.91. The summed E-state index contributed by atoms with van der Waals surface area (Å²) in [5, 5.41) is 22.8. The highest BCUT2D eigenvalue weighted by atomic mass is 19.3. The highest BCUT2D eigenvalue weighted by molar-refractivity contribution is 5.78. The number of nitrogens with zero attached hydrogens (tertiary/aromatic N) is 3. The van der Waals surface area contributed by atoms with E-state index >= 15 is 0 Å². The number of aromatic hydroxyl groups is 1. The monoisotopic (exact) mass is 475 g/mol. The van der Waals surface area contributed by atoms with Gasteiger partial charge in [0.1, 0.15) is 5.75 Å². The average molecular weight is 476 g/mol. The van der Waals surface area contributed by atoms with Crippen molar-refractivity contribution in [2.75, 3.05) is 45.8 Å². The number of hydrogen-bond acceptors (Lipinski definition) is 5. The number of rotatable bonds is 4. The molecule has 1 saturated carbocycles. The second-order valence-electron chi connectivity index (χ2n) is 11.5. The molecular weight excluding hydrogens is 440 g/mol. The van der Waals surface area contributed by atoms with Gasteiger partial charge in [-0.2, -0.15) is 0 Å². The molecule has 6 rings (SSSR count). The third kappa shape index (κ3) is 3.64. The van der Waals surface area contributed by atoms with Crippen molar-refractivity contribution in [2.24, 2.45) is 5.92 Å². The molecule has 3 saturated heterocycles. The van der Waals surface area contributed by atoms with E-state index in [9.17, 15) is 23.8 Å². The molecule has 3 heterocycles. The molecule has 2 bridgehead atoms. The molecule has 186 valence electrons. The number of phenolic OH excluding ortho intramolecular Hbond substituents is 1. The van der Waals surface area contributed by atoms with Crippen LogP contribution >= 0.6 is 0 Å². The van der Waals surface area contributed by atoms with E-state index in [1.54, 1.807) is 15.9 Å². The number of alkyl halides is 2. The Bertz CT molecular complexity index is 986. The largest absolute Gasteiger partial charge is 0.508 e. The number of benzene rings is 1. The van der Waals surface area contributed by atoms with Crippen LogP contribution < -0.4 is 0 Å². The minimum absolute atomic E-state index is 0.00813. The first kappa shape index (κ1) is 22.7. The molecule has 34 heavy (non-hydrogen) atoms. The molecule has 0 spiro atoms. The molecule has 5 aliphatic rings. The number of aliphatic hydroxyl groups is 1. The Morgan fingerprint density at radius 3 is 2.56 bits per heavy atom. The molecule has 0 radical (unpaired) electrons. The van der Waals surface area contributed by atoms with Gasteiger partial charge in [-0.05, 0) is 74.2 Å². The van der Waals surface area contributed by atoms with E-state index in [4.69, 9.17) is 0 Å². The molecule has 3 unspecified atom stereocenters. The lowest BCUT2D eigenvalue weighted by Crippen LogP contribution is -2.71. The predicted octanol–water partition coefficient (Wildman–Crippen LogP) is 2.36. The third-order valence-corrected chi connectivity index (χ3v) is 9.39. The van der Waals surface area contributed by atoms with Crippen LogP contribution in [-0.2, 0) is 16.6 Å². The van der Waals surface area contributed by atoms with E-state index in [0.29, 0.717) is 25.9 Å². The van der Waals surface area contributed by atoms with E-state index in [-0.39, 0.29) is 43.8 Å². The number of fused-ring (bicyclic) bond motifs is 1. The molecular formula is C26H35F2N3O3. The Labute approximate surface area is 199 Å². The molecule has 2 N–H and O–H groups in total. The molecule has 8 heteroatoms. The van der Waals surface area contributed by atoms with Crippen molar-refractivity contribution in [3.05, 3.63) is 29.3 Å². The fourth-order valence-electron chi connectivity index (χ4n) is 7.35. The van der Waals surface area contributed by atoms with Gasteiger partial charge in [0, 0.05) is 44.1 Å². The van der Waals surface area contributed by atoms with Crippen LogP contribution in [-0.4, -0.2) is 94.2 Å². The third-order valence-electron chi connectivity index (χ3n) is 9.39. The van der Waals surface area contributed by atoms with E-state index in [0.717, 1.165) is 37.4 Å². The molecule has 1 amide bonds. The quantitative estimate of drug-likeness (QED) is 0.700. The number of carbonyl (C=O) groups is 1. The molecule has 4 fully saturated rings.